The summed E-state index contributed by atoms with van der Waals surface area (Å²) in [5.41, 5.74) is 13.3. The van der Waals surface area contributed by atoms with Crippen LogP contribution in [-0.4, -0.2) is 11.6 Å². The standard InChI is InChI=1S/C43H32N2/c1-44(36-13-6-3-7-14-36)37-27-23-34(24-28-37)32-19-21-35(22-20-32)39-16-10-18-42-43(39)40-15-8-9-17-41(40)45(42)38-29-25-33(26-30-38)31-11-4-2-5-12-31/h2-30H,1H3. The summed E-state index contributed by atoms with van der Waals surface area (Å²) in [6.07, 6.45) is 0. The molecule has 0 aliphatic carbocycles. The third-order valence-corrected chi connectivity index (χ3v) is 8.86. The minimum atomic E-state index is 1.16. The zero-order valence-electron chi connectivity index (χ0n) is 25.1. The Kier molecular flexibility index (Phi) is 6.73. The van der Waals surface area contributed by atoms with Crippen LogP contribution >= 0.6 is 0 Å². The van der Waals surface area contributed by atoms with Crippen LogP contribution in [0, 0.1) is 0 Å². The fourth-order valence-electron chi connectivity index (χ4n) is 6.49. The van der Waals surface area contributed by atoms with Gasteiger partial charge in [0, 0.05) is 34.9 Å². The molecule has 0 bridgehead atoms. The summed E-state index contributed by atoms with van der Waals surface area (Å²) in [5.74, 6) is 0. The number of fused-ring (bicyclic) bond motifs is 3. The first-order chi connectivity index (χ1) is 22.2. The van der Waals surface area contributed by atoms with Crippen LogP contribution in [-0.2, 0) is 0 Å². The molecule has 0 fully saturated rings. The highest BCUT2D eigenvalue weighted by atomic mass is 15.1. The maximum Gasteiger partial charge on any atom is 0.0547 e. The first kappa shape index (κ1) is 26.7. The lowest BCUT2D eigenvalue weighted by atomic mass is 9.97. The van der Waals surface area contributed by atoms with E-state index in [-0.39, 0.29) is 0 Å². The predicted octanol–water partition coefficient (Wildman–Crippen LogP) is 11.6. The van der Waals surface area contributed by atoms with Crippen molar-refractivity contribution in [2.45, 2.75) is 0 Å². The molecule has 8 aromatic rings. The van der Waals surface area contributed by atoms with Gasteiger partial charge in [-0.25, -0.2) is 0 Å². The Hall–Kier alpha value is -5.86. The van der Waals surface area contributed by atoms with Gasteiger partial charge in [0.05, 0.1) is 11.0 Å². The summed E-state index contributed by atoms with van der Waals surface area (Å²) in [5, 5.41) is 2.54. The Bertz CT molecular complexity index is 2230. The highest BCUT2D eigenvalue weighted by molar-refractivity contribution is 6.15. The molecule has 1 aromatic heterocycles. The van der Waals surface area contributed by atoms with E-state index in [1.807, 2.05) is 6.07 Å². The van der Waals surface area contributed by atoms with Gasteiger partial charge in [0.1, 0.15) is 0 Å². The molecule has 0 aliphatic rings. The zero-order valence-corrected chi connectivity index (χ0v) is 25.1. The van der Waals surface area contributed by atoms with Crippen molar-refractivity contribution in [3.8, 4) is 39.1 Å². The SMILES string of the molecule is CN(c1ccccc1)c1ccc(-c2ccc(-c3cccc4c3c3ccccc3n4-c3ccc(-c4ccccc4)cc3)cc2)cc1. The number of rotatable bonds is 6. The van der Waals surface area contributed by atoms with Gasteiger partial charge in [0.2, 0.25) is 0 Å². The second kappa shape index (κ2) is 11.3. The highest BCUT2D eigenvalue weighted by Gasteiger charge is 2.16. The average molecular weight is 577 g/mol. The molecule has 2 heteroatoms. The molecule has 45 heavy (non-hydrogen) atoms. The molecule has 0 unspecified atom stereocenters. The second-order valence-electron chi connectivity index (χ2n) is 11.5. The van der Waals surface area contributed by atoms with E-state index in [9.17, 15) is 0 Å². The van der Waals surface area contributed by atoms with Gasteiger partial charge in [0.15, 0.2) is 0 Å². The molecule has 0 N–H and O–H groups in total. The molecule has 8 rings (SSSR count). The van der Waals surface area contributed by atoms with Crippen LogP contribution in [0.15, 0.2) is 176 Å². The third kappa shape index (κ3) is 4.87. The van der Waals surface area contributed by atoms with Crippen molar-refractivity contribution in [3.05, 3.63) is 176 Å². The summed E-state index contributed by atoms with van der Waals surface area (Å²) >= 11 is 0. The summed E-state index contributed by atoms with van der Waals surface area (Å²) in [6.45, 7) is 0. The van der Waals surface area contributed by atoms with Crippen molar-refractivity contribution in [3.63, 3.8) is 0 Å². The van der Waals surface area contributed by atoms with Crippen LogP contribution in [0.25, 0.3) is 60.9 Å². The van der Waals surface area contributed by atoms with Gasteiger partial charge in [-0.05, 0) is 81.9 Å². The molecule has 0 saturated carbocycles. The van der Waals surface area contributed by atoms with Crippen LogP contribution in [0.3, 0.4) is 0 Å². The number of hydrogen-bond acceptors (Lipinski definition) is 1. The van der Waals surface area contributed by atoms with E-state index in [4.69, 9.17) is 0 Å². The van der Waals surface area contributed by atoms with E-state index in [0.29, 0.717) is 0 Å². The molecule has 1 heterocycles. The summed E-state index contributed by atoms with van der Waals surface area (Å²) in [7, 11) is 2.11. The average Bonchev–Trinajstić information content (AvgIpc) is 3.47. The molecule has 0 amide bonds. The Morgan fingerprint density at radius 2 is 0.867 bits per heavy atom. The fraction of sp³-hybridized carbons (Fsp3) is 0.0233. The van der Waals surface area contributed by atoms with Crippen molar-refractivity contribution in [2.75, 3.05) is 11.9 Å². The van der Waals surface area contributed by atoms with Gasteiger partial charge in [-0.3, -0.25) is 0 Å². The lowest BCUT2D eigenvalue weighted by molar-refractivity contribution is 1.18. The van der Waals surface area contributed by atoms with Crippen molar-refractivity contribution < 1.29 is 0 Å². The molecule has 2 nitrogen and oxygen atoms in total. The molecular weight excluding hydrogens is 544 g/mol. The molecule has 0 radical (unpaired) electrons. The lowest BCUT2D eigenvalue weighted by Crippen LogP contribution is -2.08. The molecular formula is C43H32N2. The maximum absolute atomic E-state index is 2.39. The van der Waals surface area contributed by atoms with Gasteiger partial charge < -0.3 is 9.47 Å². The molecule has 0 aliphatic heterocycles. The van der Waals surface area contributed by atoms with Gasteiger partial charge in [0.25, 0.3) is 0 Å². The first-order valence-corrected chi connectivity index (χ1v) is 15.4. The Morgan fingerprint density at radius 3 is 1.56 bits per heavy atom. The van der Waals surface area contributed by atoms with Crippen LogP contribution in [0.1, 0.15) is 0 Å². The van der Waals surface area contributed by atoms with Crippen molar-refractivity contribution >= 4 is 33.2 Å². The normalized spacial score (nSPS) is 11.2. The zero-order chi connectivity index (χ0) is 30.2. The predicted molar refractivity (Wildman–Crippen MR) is 192 cm³/mol. The van der Waals surface area contributed by atoms with E-state index in [2.05, 4.69) is 186 Å². The Balaban J connectivity index is 1.15. The smallest absolute Gasteiger partial charge is 0.0547 e. The monoisotopic (exact) mass is 576 g/mol. The Labute approximate surface area is 264 Å². The van der Waals surface area contributed by atoms with E-state index >= 15 is 0 Å². The highest BCUT2D eigenvalue weighted by Crippen LogP contribution is 2.39. The van der Waals surface area contributed by atoms with Crippen molar-refractivity contribution in [1.82, 2.24) is 4.57 Å². The quantitative estimate of drug-likeness (QED) is 0.191. The van der Waals surface area contributed by atoms with E-state index in [1.54, 1.807) is 0 Å². The maximum atomic E-state index is 2.39. The summed E-state index contributed by atoms with van der Waals surface area (Å²) in [6, 6.07) is 63.2. The minimum Gasteiger partial charge on any atom is -0.345 e. The van der Waals surface area contributed by atoms with Crippen LogP contribution in [0.2, 0.25) is 0 Å². The van der Waals surface area contributed by atoms with Gasteiger partial charge in [-0.2, -0.15) is 0 Å². The summed E-state index contributed by atoms with van der Waals surface area (Å²) < 4.78 is 2.39. The largest absolute Gasteiger partial charge is 0.345 e. The van der Waals surface area contributed by atoms with Crippen LogP contribution in [0.4, 0.5) is 11.4 Å². The number of benzene rings is 7. The van der Waals surface area contributed by atoms with Crippen LogP contribution in [0.5, 0.6) is 0 Å². The molecule has 214 valence electrons. The fourth-order valence-corrected chi connectivity index (χ4v) is 6.49. The van der Waals surface area contributed by atoms with Crippen molar-refractivity contribution in [1.29, 1.82) is 0 Å². The minimum absolute atomic E-state index is 1.16. The summed E-state index contributed by atoms with van der Waals surface area (Å²) in [4.78, 5) is 2.21. The number of hydrogen-bond donors (Lipinski definition) is 0. The van der Waals surface area contributed by atoms with Gasteiger partial charge in [-0.1, -0.05) is 127 Å². The van der Waals surface area contributed by atoms with Gasteiger partial charge in [-0.15, -0.1) is 0 Å². The van der Waals surface area contributed by atoms with E-state index in [0.717, 1.165) is 5.69 Å². The molecule has 0 saturated heterocycles. The molecule has 0 atom stereocenters. The molecule has 7 aromatic carbocycles. The Morgan fingerprint density at radius 1 is 0.378 bits per heavy atom. The van der Waals surface area contributed by atoms with Gasteiger partial charge >= 0.3 is 0 Å². The number of anilines is 2. The number of nitrogens with zero attached hydrogens (tertiary/aromatic N) is 2. The van der Waals surface area contributed by atoms with Crippen molar-refractivity contribution in [2.24, 2.45) is 0 Å². The number of aromatic nitrogens is 1. The third-order valence-electron chi connectivity index (χ3n) is 8.86. The topological polar surface area (TPSA) is 8.17 Å². The molecule has 0 spiro atoms. The second-order valence-corrected chi connectivity index (χ2v) is 11.5. The lowest BCUT2D eigenvalue weighted by Gasteiger charge is -2.19. The van der Waals surface area contributed by atoms with E-state index < -0.39 is 0 Å². The first-order valence-electron chi connectivity index (χ1n) is 15.4. The van der Waals surface area contributed by atoms with E-state index in [1.165, 1.54) is 66.6 Å². The van der Waals surface area contributed by atoms with Crippen LogP contribution < -0.4 is 4.90 Å². The number of para-hydroxylation sites is 2.